The lowest BCUT2D eigenvalue weighted by molar-refractivity contribution is 0.105. The minimum absolute atomic E-state index is 0.262. The Morgan fingerprint density at radius 1 is 1.29 bits per heavy atom. The summed E-state index contributed by atoms with van der Waals surface area (Å²) in [6.07, 6.45) is 3.26. The van der Waals surface area contributed by atoms with Gasteiger partial charge in [-0.15, -0.1) is 0 Å². The number of aliphatic hydroxyl groups is 1. The Morgan fingerprint density at radius 3 is 2.67 bits per heavy atom. The highest BCUT2D eigenvalue weighted by molar-refractivity contribution is 7.90. The van der Waals surface area contributed by atoms with E-state index in [1.54, 1.807) is 12.1 Å². The van der Waals surface area contributed by atoms with Crippen molar-refractivity contribution in [2.45, 2.75) is 30.9 Å². The Hall–Kier alpha value is -1.83. The van der Waals surface area contributed by atoms with Crippen molar-refractivity contribution in [3.63, 3.8) is 0 Å². The standard InChI is InChI=1S/C17H21N3O3S/c1-12-18-9-14-7-8-20(10-16(14)19-12)11-17(21)13-3-5-15(6-4-13)24(2,22)23/h3-6,9,17,21H,7-8,10-11H2,1-2H3. The summed E-state index contributed by atoms with van der Waals surface area (Å²) in [5, 5.41) is 10.4. The summed E-state index contributed by atoms with van der Waals surface area (Å²) in [4.78, 5) is 11.1. The molecule has 0 saturated carbocycles. The van der Waals surface area contributed by atoms with E-state index in [1.807, 2.05) is 13.1 Å². The number of sulfone groups is 1. The van der Waals surface area contributed by atoms with Crippen LogP contribution in [0, 0.1) is 6.92 Å². The third kappa shape index (κ3) is 3.80. The van der Waals surface area contributed by atoms with Crippen molar-refractivity contribution >= 4 is 9.84 Å². The first-order valence-electron chi connectivity index (χ1n) is 7.85. The van der Waals surface area contributed by atoms with E-state index >= 15 is 0 Å². The molecule has 0 spiro atoms. The van der Waals surface area contributed by atoms with E-state index in [4.69, 9.17) is 0 Å². The number of hydrogen-bond acceptors (Lipinski definition) is 6. The summed E-state index contributed by atoms with van der Waals surface area (Å²) in [6, 6.07) is 6.42. The van der Waals surface area contributed by atoms with Gasteiger partial charge in [0, 0.05) is 32.1 Å². The van der Waals surface area contributed by atoms with E-state index in [2.05, 4.69) is 14.9 Å². The first kappa shape index (κ1) is 17.0. The van der Waals surface area contributed by atoms with Gasteiger partial charge in [-0.05, 0) is 36.6 Å². The molecule has 1 aliphatic rings. The summed E-state index contributed by atoms with van der Waals surface area (Å²) in [7, 11) is -3.22. The number of rotatable bonds is 4. The molecule has 6 nitrogen and oxygen atoms in total. The van der Waals surface area contributed by atoms with E-state index < -0.39 is 15.9 Å². The van der Waals surface area contributed by atoms with Gasteiger partial charge in [0.25, 0.3) is 0 Å². The van der Waals surface area contributed by atoms with E-state index in [-0.39, 0.29) is 4.90 Å². The molecule has 0 fully saturated rings. The first-order chi connectivity index (χ1) is 11.3. The monoisotopic (exact) mass is 347 g/mol. The highest BCUT2D eigenvalue weighted by Gasteiger charge is 2.21. The molecular formula is C17H21N3O3S. The van der Waals surface area contributed by atoms with Gasteiger partial charge in [0.1, 0.15) is 5.82 Å². The molecular weight excluding hydrogens is 326 g/mol. The molecule has 0 bridgehead atoms. The summed E-state index contributed by atoms with van der Waals surface area (Å²) in [5.41, 5.74) is 2.91. The second-order valence-electron chi connectivity index (χ2n) is 6.23. The van der Waals surface area contributed by atoms with Gasteiger partial charge in [-0.2, -0.15) is 0 Å². The van der Waals surface area contributed by atoms with Crippen molar-refractivity contribution in [3.05, 3.63) is 53.1 Å². The zero-order valence-corrected chi connectivity index (χ0v) is 14.6. The zero-order chi connectivity index (χ0) is 17.3. The van der Waals surface area contributed by atoms with Crippen LogP contribution in [0.4, 0.5) is 0 Å². The van der Waals surface area contributed by atoms with Crippen molar-refractivity contribution < 1.29 is 13.5 Å². The lowest BCUT2D eigenvalue weighted by Gasteiger charge is -2.29. The number of nitrogens with zero attached hydrogens (tertiary/aromatic N) is 3. The molecule has 1 aromatic heterocycles. The molecule has 1 aromatic carbocycles. The third-order valence-corrected chi connectivity index (χ3v) is 5.40. The van der Waals surface area contributed by atoms with Gasteiger partial charge in [0.2, 0.25) is 0 Å². The average Bonchev–Trinajstić information content (AvgIpc) is 2.53. The van der Waals surface area contributed by atoms with Gasteiger partial charge in [0.05, 0.1) is 16.7 Å². The SMILES string of the molecule is Cc1ncc2c(n1)CN(CC(O)c1ccc(S(C)(=O)=O)cc1)CC2. The number of β-amino-alcohol motifs (C(OH)–C–C–N with tert-alkyl or cyclic N) is 1. The molecule has 0 aliphatic carbocycles. The van der Waals surface area contributed by atoms with Crippen LogP contribution in [0.2, 0.25) is 0 Å². The number of fused-ring (bicyclic) bond motifs is 1. The van der Waals surface area contributed by atoms with Gasteiger partial charge in [0.15, 0.2) is 9.84 Å². The highest BCUT2D eigenvalue weighted by Crippen LogP contribution is 2.21. The van der Waals surface area contributed by atoms with Crippen molar-refractivity contribution in [3.8, 4) is 0 Å². The van der Waals surface area contributed by atoms with E-state index in [9.17, 15) is 13.5 Å². The summed E-state index contributed by atoms with van der Waals surface area (Å²) in [5.74, 6) is 0.757. The summed E-state index contributed by atoms with van der Waals surface area (Å²) >= 11 is 0. The maximum atomic E-state index is 11.5. The molecule has 1 aliphatic heterocycles. The molecule has 2 heterocycles. The molecule has 3 rings (SSSR count). The van der Waals surface area contributed by atoms with E-state index in [0.717, 1.165) is 24.5 Å². The molecule has 1 unspecified atom stereocenters. The predicted molar refractivity (Wildman–Crippen MR) is 90.3 cm³/mol. The lowest BCUT2D eigenvalue weighted by Crippen LogP contribution is -2.34. The summed E-state index contributed by atoms with van der Waals surface area (Å²) in [6.45, 7) is 3.90. The van der Waals surface area contributed by atoms with Crippen molar-refractivity contribution in [2.75, 3.05) is 19.3 Å². The first-order valence-corrected chi connectivity index (χ1v) is 9.74. The smallest absolute Gasteiger partial charge is 0.175 e. The fourth-order valence-electron chi connectivity index (χ4n) is 2.90. The quantitative estimate of drug-likeness (QED) is 0.897. The number of aromatic nitrogens is 2. The Morgan fingerprint density at radius 2 is 2.00 bits per heavy atom. The molecule has 0 amide bonds. The molecule has 128 valence electrons. The van der Waals surface area contributed by atoms with Gasteiger partial charge < -0.3 is 5.11 Å². The number of benzene rings is 1. The Balaban J connectivity index is 1.68. The molecule has 2 aromatic rings. The highest BCUT2D eigenvalue weighted by atomic mass is 32.2. The van der Waals surface area contributed by atoms with Gasteiger partial charge in [-0.25, -0.2) is 18.4 Å². The predicted octanol–water partition coefficient (Wildman–Crippen LogP) is 1.28. The number of hydrogen-bond donors (Lipinski definition) is 1. The average molecular weight is 347 g/mol. The normalized spacial score (nSPS) is 16.6. The van der Waals surface area contributed by atoms with Crippen LogP contribution >= 0.6 is 0 Å². The number of aliphatic hydroxyl groups excluding tert-OH is 1. The topological polar surface area (TPSA) is 83.4 Å². The van der Waals surface area contributed by atoms with Crippen LogP contribution in [0.5, 0.6) is 0 Å². The van der Waals surface area contributed by atoms with Gasteiger partial charge in [-0.1, -0.05) is 12.1 Å². The van der Waals surface area contributed by atoms with Crippen molar-refractivity contribution in [1.82, 2.24) is 14.9 Å². The van der Waals surface area contributed by atoms with Crippen LogP contribution in [-0.2, 0) is 22.8 Å². The lowest BCUT2D eigenvalue weighted by atomic mass is 10.0. The maximum absolute atomic E-state index is 11.5. The van der Waals surface area contributed by atoms with Crippen LogP contribution in [-0.4, -0.2) is 47.7 Å². The van der Waals surface area contributed by atoms with Crippen LogP contribution in [0.3, 0.4) is 0 Å². The largest absolute Gasteiger partial charge is 0.387 e. The maximum Gasteiger partial charge on any atom is 0.175 e. The van der Waals surface area contributed by atoms with Crippen LogP contribution < -0.4 is 0 Å². The third-order valence-electron chi connectivity index (χ3n) is 4.27. The van der Waals surface area contributed by atoms with Crippen LogP contribution in [0.25, 0.3) is 0 Å². The van der Waals surface area contributed by atoms with Crippen LogP contribution in [0.1, 0.15) is 28.7 Å². The van der Waals surface area contributed by atoms with Gasteiger partial charge in [-0.3, -0.25) is 4.90 Å². The Labute approximate surface area is 142 Å². The molecule has 0 radical (unpaired) electrons. The van der Waals surface area contributed by atoms with Gasteiger partial charge >= 0.3 is 0 Å². The molecule has 1 atom stereocenters. The fraction of sp³-hybridized carbons (Fsp3) is 0.412. The Bertz CT molecular complexity index is 835. The van der Waals surface area contributed by atoms with E-state index in [0.29, 0.717) is 18.7 Å². The van der Waals surface area contributed by atoms with Crippen molar-refractivity contribution in [2.24, 2.45) is 0 Å². The molecule has 24 heavy (non-hydrogen) atoms. The van der Waals surface area contributed by atoms with Crippen molar-refractivity contribution in [1.29, 1.82) is 0 Å². The zero-order valence-electron chi connectivity index (χ0n) is 13.8. The second-order valence-corrected chi connectivity index (χ2v) is 8.25. The minimum Gasteiger partial charge on any atom is -0.387 e. The minimum atomic E-state index is -3.22. The van der Waals surface area contributed by atoms with E-state index in [1.165, 1.54) is 24.0 Å². The molecule has 1 N–H and O–H groups in total. The van der Waals surface area contributed by atoms with Crippen LogP contribution in [0.15, 0.2) is 35.4 Å². The second kappa shape index (κ2) is 6.58. The molecule has 7 heteroatoms. The molecule has 0 saturated heterocycles. The fourth-order valence-corrected chi connectivity index (χ4v) is 3.53. The Kier molecular flexibility index (Phi) is 4.67. The number of aryl methyl sites for hydroxylation is 1. The summed E-state index contributed by atoms with van der Waals surface area (Å²) < 4.78 is 23.0.